The first-order chi connectivity index (χ1) is 7.70. The molecule has 0 bridgehead atoms. The zero-order chi connectivity index (χ0) is 11.5. The molecule has 1 aromatic rings. The van der Waals surface area contributed by atoms with Gasteiger partial charge in [-0.3, -0.25) is 9.89 Å². The van der Waals surface area contributed by atoms with Gasteiger partial charge in [-0.1, -0.05) is 6.92 Å². The van der Waals surface area contributed by atoms with E-state index in [4.69, 9.17) is 0 Å². The Morgan fingerprint density at radius 3 is 3.12 bits per heavy atom. The van der Waals surface area contributed by atoms with Crippen molar-refractivity contribution >= 4 is 5.91 Å². The van der Waals surface area contributed by atoms with E-state index in [1.165, 1.54) is 0 Å². The van der Waals surface area contributed by atoms with Gasteiger partial charge in [0.15, 0.2) is 0 Å². The molecule has 0 radical (unpaired) electrons. The molecule has 2 N–H and O–H groups in total. The zero-order valence-electron chi connectivity index (χ0n) is 9.31. The van der Waals surface area contributed by atoms with Gasteiger partial charge in [0.1, 0.15) is 5.82 Å². The maximum atomic E-state index is 11.9. The van der Waals surface area contributed by atoms with Crippen LogP contribution < -0.4 is 0 Å². The van der Waals surface area contributed by atoms with Gasteiger partial charge >= 0.3 is 0 Å². The summed E-state index contributed by atoms with van der Waals surface area (Å²) in [6.45, 7) is 3.01. The van der Waals surface area contributed by atoms with E-state index in [0.29, 0.717) is 19.5 Å². The number of aliphatic hydroxyl groups excluding tert-OH is 1. The molecule has 0 spiro atoms. The first kappa shape index (κ1) is 11.1. The summed E-state index contributed by atoms with van der Waals surface area (Å²) in [4.78, 5) is 17.6. The van der Waals surface area contributed by atoms with Crippen molar-refractivity contribution in [1.82, 2.24) is 20.1 Å². The lowest BCUT2D eigenvalue weighted by Gasteiger charge is -2.12. The molecular formula is C10H16N4O2. The van der Waals surface area contributed by atoms with Crippen molar-refractivity contribution in [1.29, 1.82) is 0 Å². The SMILES string of the molecule is CCCc1nc(C(=O)N2CC[C@H](O)C2)n[nH]1. The summed E-state index contributed by atoms with van der Waals surface area (Å²) in [5.41, 5.74) is 0. The van der Waals surface area contributed by atoms with Crippen LogP contribution in [0.25, 0.3) is 0 Å². The van der Waals surface area contributed by atoms with Crippen LogP contribution in [-0.4, -0.2) is 50.3 Å². The van der Waals surface area contributed by atoms with Crippen LogP contribution in [0.2, 0.25) is 0 Å². The largest absolute Gasteiger partial charge is 0.391 e. The molecule has 88 valence electrons. The number of amides is 1. The molecule has 6 nitrogen and oxygen atoms in total. The van der Waals surface area contributed by atoms with E-state index in [1.807, 2.05) is 6.92 Å². The van der Waals surface area contributed by atoms with E-state index in [0.717, 1.165) is 18.7 Å². The lowest BCUT2D eigenvalue weighted by atomic mass is 10.3. The number of nitrogens with one attached hydrogen (secondary N) is 1. The van der Waals surface area contributed by atoms with Crippen LogP contribution in [0.15, 0.2) is 0 Å². The smallest absolute Gasteiger partial charge is 0.293 e. The highest BCUT2D eigenvalue weighted by Gasteiger charge is 2.27. The number of β-amino-alcohol motifs (C(OH)–C–C–N with tert-alkyl or cyclic N) is 1. The van der Waals surface area contributed by atoms with E-state index in [-0.39, 0.29) is 11.7 Å². The van der Waals surface area contributed by atoms with Gasteiger partial charge in [0.05, 0.1) is 6.10 Å². The highest BCUT2D eigenvalue weighted by atomic mass is 16.3. The second kappa shape index (κ2) is 4.61. The average molecular weight is 224 g/mol. The van der Waals surface area contributed by atoms with Crippen LogP contribution in [0.1, 0.15) is 36.2 Å². The summed E-state index contributed by atoms with van der Waals surface area (Å²) in [6.07, 6.45) is 1.99. The summed E-state index contributed by atoms with van der Waals surface area (Å²) in [6, 6.07) is 0. The van der Waals surface area contributed by atoms with Crippen LogP contribution in [0.4, 0.5) is 0 Å². The number of aryl methyl sites for hydroxylation is 1. The van der Waals surface area contributed by atoms with Crippen molar-refractivity contribution in [3.05, 3.63) is 11.6 Å². The van der Waals surface area contributed by atoms with Gasteiger partial charge < -0.3 is 10.0 Å². The molecule has 0 unspecified atom stereocenters. The van der Waals surface area contributed by atoms with Crippen molar-refractivity contribution in [2.45, 2.75) is 32.3 Å². The Balaban J connectivity index is 2.03. The second-order valence-electron chi connectivity index (χ2n) is 4.05. The van der Waals surface area contributed by atoms with Crippen LogP contribution in [0.3, 0.4) is 0 Å². The standard InChI is InChI=1S/C10H16N4O2/c1-2-3-8-11-9(13-12-8)10(16)14-5-4-7(15)6-14/h7,15H,2-6H2,1H3,(H,11,12,13)/t7-/m0/s1. The maximum Gasteiger partial charge on any atom is 0.293 e. The van der Waals surface area contributed by atoms with E-state index in [1.54, 1.807) is 4.90 Å². The molecule has 0 aliphatic carbocycles. The fourth-order valence-electron chi connectivity index (χ4n) is 1.81. The van der Waals surface area contributed by atoms with Crippen molar-refractivity contribution in [2.24, 2.45) is 0 Å². The molecule has 6 heteroatoms. The summed E-state index contributed by atoms with van der Waals surface area (Å²) in [5.74, 6) is 0.748. The predicted octanol–water partition coefficient (Wildman–Crippen LogP) is -0.0360. The Morgan fingerprint density at radius 2 is 2.50 bits per heavy atom. The molecule has 1 atom stereocenters. The third kappa shape index (κ3) is 2.21. The van der Waals surface area contributed by atoms with Gasteiger partial charge in [-0.25, -0.2) is 4.98 Å². The van der Waals surface area contributed by atoms with E-state index >= 15 is 0 Å². The van der Waals surface area contributed by atoms with E-state index < -0.39 is 6.10 Å². The number of nitrogens with zero attached hydrogens (tertiary/aromatic N) is 3. The second-order valence-corrected chi connectivity index (χ2v) is 4.05. The Hall–Kier alpha value is -1.43. The third-order valence-corrected chi connectivity index (χ3v) is 2.66. The molecule has 1 aliphatic heterocycles. The van der Waals surface area contributed by atoms with E-state index in [2.05, 4.69) is 15.2 Å². The average Bonchev–Trinajstić information content (AvgIpc) is 2.87. The monoisotopic (exact) mass is 224 g/mol. The zero-order valence-corrected chi connectivity index (χ0v) is 9.31. The van der Waals surface area contributed by atoms with Gasteiger partial charge in [-0.2, -0.15) is 0 Å². The van der Waals surface area contributed by atoms with Crippen molar-refractivity contribution in [3.63, 3.8) is 0 Å². The van der Waals surface area contributed by atoms with Gasteiger partial charge in [0, 0.05) is 19.5 Å². The summed E-state index contributed by atoms with van der Waals surface area (Å²) < 4.78 is 0. The number of aromatic nitrogens is 3. The molecule has 1 aromatic heterocycles. The number of aliphatic hydroxyl groups is 1. The number of carbonyl (C=O) groups excluding carboxylic acids is 1. The summed E-state index contributed by atoms with van der Waals surface area (Å²) >= 11 is 0. The first-order valence-corrected chi connectivity index (χ1v) is 5.59. The molecule has 1 saturated heterocycles. The Labute approximate surface area is 93.7 Å². The topological polar surface area (TPSA) is 82.1 Å². The quantitative estimate of drug-likeness (QED) is 0.755. The molecule has 1 aliphatic rings. The minimum atomic E-state index is -0.405. The predicted molar refractivity (Wildman–Crippen MR) is 56.9 cm³/mol. The number of carbonyl (C=O) groups is 1. The van der Waals surface area contributed by atoms with Gasteiger partial charge in [0.2, 0.25) is 5.82 Å². The van der Waals surface area contributed by atoms with Gasteiger partial charge in [0.25, 0.3) is 5.91 Å². The fourth-order valence-corrected chi connectivity index (χ4v) is 1.81. The highest BCUT2D eigenvalue weighted by Crippen LogP contribution is 2.11. The number of hydrogen-bond donors (Lipinski definition) is 2. The molecular weight excluding hydrogens is 208 g/mol. The number of likely N-dealkylation sites (tertiary alicyclic amines) is 1. The summed E-state index contributed by atoms with van der Waals surface area (Å²) in [5, 5.41) is 16.0. The molecule has 1 fully saturated rings. The summed E-state index contributed by atoms with van der Waals surface area (Å²) in [7, 11) is 0. The molecule has 2 rings (SSSR count). The maximum absolute atomic E-state index is 11.9. The highest BCUT2D eigenvalue weighted by molar-refractivity contribution is 5.90. The van der Waals surface area contributed by atoms with Crippen molar-refractivity contribution in [3.8, 4) is 0 Å². The third-order valence-electron chi connectivity index (χ3n) is 2.66. The molecule has 16 heavy (non-hydrogen) atoms. The van der Waals surface area contributed by atoms with Crippen molar-refractivity contribution < 1.29 is 9.90 Å². The molecule has 1 amide bonds. The van der Waals surface area contributed by atoms with Crippen molar-refractivity contribution in [2.75, 3.05) is 13.1 Å². The van der Waals surface area contributed by atoms with Gasteiger partial charge in [-0.05, 0) is 12.8 Å². The number of aromatic amines is 1. The van der Waals surface area contributed by atoms with Crippen LogP contribution in [-0.2, 0) is 6.42 Å². The minimum Gasteiger partial charge on any atom is -0.391 e. The minimum absolute atomic E-state index is 0.199. The Bertz CT molecular complexity index is 377. The Kier molecular flexibility index (Phi) is 3.19. The van der Waals surface area contributed by atoms with E-state index in [9.17, 15) is 9.90 Å². The lowest BCUT2D eigenvalue weighted by molar-refractivity contribution is 0.0753. The molecule has 0 saturated carbocycles. The number of H-pyrrole nitrogens is 1. The number of rotatable bonds is 3. The number of hydrogen-bond acceptors (Lipinski definition) is 4. The molecule has 0 aromatic carbocycles. The normalized spacial score (nSPS) is 20.4. The molecule has 2 heterocycles. The first-order valence-electron chi connectivity index (χ1n) is 5.59. The van der Waals surface area contributed by atoms with Gasteiger partial charge in [-0.15, -0.1) is 5.10 Å². The fraction of sp³-hybridized carbons (Fsp3) is 0.700. The Morgan fingerprint density at radius 1 is 1.69 bits per heavy atom. The van der Waals surface area contributed by atoms with Crippen LogP contribution in [0.5, 0.6) is 0 Å². The lowest BCUT2D eigenvalue weighted by Crippen LogP contribution is -2.30. The van der Waals surface area contributed by atoms with Crippen LogP contribution >= 0.6 is 0 Å². The van der Waals surface area contributed by atoms with Crippen LogP contribution in [0, 0.1) is 0 Å².